The maximum atomic E-state index is 9.00. The highest BCUT2D eigenvalue weighted by Crippen LogP contribution is 2.43. The SMILES string of the molecule is C1=NNSc2ccccc2C12OO2.CC(=O)O. The Labute approximate surface area is 102 Å². The van der Waals surface area contributed by atoms with E-state index in [9.17, 15) is 0 Å². The van der Waals surface area contributed by atoms with Gasteiger partial charge in [0.25, 0.3) is 11.8 Å². The Morgan fingerprint density at radius 1 is 1.47 bits per heavy atom. The van der Waals surface area contributed by atoms with Crippen LogP contribution in [0, 0.1) is 0 Å². The molecular weight excluding hydrogens is 244 g/mol. The maximum Gasteiger partial charge on any atom is 0.300 e. The molecule has 2 heterocycles. The van der Waals surface area contributed by atoms with Crippen molar-refractivity contribution in [2.45, 2.75) is 17.6 Å². The topological polar surface area (TPSA) is 86.8 Å². The van der Waals surface area contributed by atoms with Gasteiger partial charge < -0.3 is 5.11 Å². The van der Waals surface area contributed by atoms with Crippen LogP contribution in [0.15, 0.2) is 34.3 Å². The molecule has 7 heteroatoms. The van der Waals surface area contributed by atoms with E-state index in [4.69, 9.17) is 19.7 Å². The summed E-state index contributed by atoms with van der Waals surface area (Å²) in [7, 11) is 0. The number of fused-ring (bicyclic) bond motifs is 2. The van der Waals surface area contributed by atoms with Crippen LogP contribution in [0.5, 0.6) is 0 Å². The first kappa shape index (κ1) is 11.9. The molecular formula is C10H10N2O4S. The van der Waals surface area contributed by atoms with Gasteiger partial charge in [-0.1, -0.05) is 18.2 Å². The normalized spacial score (nSPS) is 18.2. The summed E-state index contributed by atoms with van der Waals surface area (Å²) < 4.78 is 0. The third-order valence-corrected chi connectivity index (χ3v) is 2.74. The molecule has 0 bridgehead atoms. The molecule has 0 radical (unpaired) electrons. The van der Waals surface area contributed by atoms with E-state index in [0.717, 1.165) is 17.4 Å². The number of rotatable bonds is 0. The first-order valence-corrected chi connectivity index (χ1v) is 5.58. The second-order valence-electron chi connectivity index (χ2n) is 3.30. The van der Waals surface area contributed by atoms with Crippen LogP contribution in [0.4, 0.5) is 0 Å². The monoisotopic (exact) mass is 254 g/mol. The first-order chi connectivity index (χ1) is 8.14. The molecule has 6 nitrogen and oxygen atoms in total. The van der Waals surface area contributed by atoms with Crippen molar-refractivity contribution in [3.63, 3.8) is 0 Å². The first-order valence-electron chi connectivity index (χ1n) is 4.76. The highest BCUT2D eigenvalue weighted by Gasteiger charge is 2.52. The number of carbonyl (C=O) groups is 1. The average molecular weight is 254 g/mol. The van der Waals surface area contributed by atoms with E-state index in [0.29, 0.717) is 0 Å². The van der Waals surface area contributed by atoms with Crippen molar-refractivity contribution in [3.8, 4) is 0 Å². The number of hydrogen-bond donors (Lipinski definition) is 2. The average Bonchev–Trinajstić information content (AvgIpc) is 3.07. The minimum absolute atomic E-state index is 0.729. The standard InChI is InChI=1S/C8H6N2O2S.C2H4O2/c1-2-4-7-6(3-1)8(11-12-8)5-9-10-13-7;1-2(3)4/h1-5,10H;1H3,(H,3,4). The van der Waals surface area contributed by atoms with Crippen molar-refractivity contribution in [1.82, 2.24) is 4.83 Å². The zero-order valence-electron chi connectivity index (χ0n) is 8.91. The number of aliphatic carboxylic acids is 1. The molecule has 1 aromatic carbocycles. The molecule has 17 heavy (non-hydrogen) atoms. The van der Waals surface area contributed by atoms with Crippen LogP contribution in [0.2, 0.25) is 0 Å². The fourth-order valence-corrected chi connectivity index (χ4v) is 1.95. The predicted octanol–water partition coefficient (Wildman–Crippen LogP) is 1.49. The number of nitrogens with one attached hydrogen (secondary N) is 1. The summed E-state index contributed by atoms with van der Waals surface area (Å²) in [6, 6.07) is 7.88. The number of hydrazone groups is 1. The summed E-state index contributed by atoms with van der Waals surface area (Å²) in [6.07, 6.45) is 1.62. The van der Waals surface area contributed by atoms with E-state index < -0.39 is 11.8 Å². The molecule has 2 N–H and O–H groups in total. The zero-order chi connectivity index (χ0) is 12.3. The van der Waals surface area contributed by atoms with Gasteiger partial charge in [0, 0.05) is 29.3 Å². The van der Waals surface area contributed by atoms with Crippen LogP contribution >= 0.6 is 11.9 Å². The van der Waals surface area contributed by atoms with Crippen LogP contribution in [0.25, 0.3) is 0 Å². The minimum atomic E-state index is -0.833. The highest BCUT2D eigenvalue weighted by atomic mass is 32.2. The molecule has 1 spiro atoms. The van der Waals surface area contributed by atoms with Crippen molar-refractivity contribution in [2.75, 3.05) is 0 Å². The van der Waals surface area contributed by atoms with Gasteiger partial charge in [-0.3, -0.25) is 4.79 Å². The molecule has 90 valence electrons. The van der Waals surface area contributed by atoms with E-state index in [1.165, 1.54) is 11.9 Å². The van der Waals surface area contributed by atoms with E-state index >= 15 is 0 Å². The van der Waals surface area contributed by atoms with Gasteiger partial charge in [0.2, 0.25) is 0 Å². The number of hydrogen-bond acceptors (Lipinski definition) is 6. The summed E-state index contributed by atoms with van der Waals surface area (Å²) in [5, 5.41) is 11.4. The molecule has 0 saturated carbocycles. The smallest absolute Gasteiger partial charge is 0.300 e. The summed E-state index contributed by atoms with van der Waals surface area (Å²) in [4.78, 5) is 22.8. The Hall–Kier alpha value is -1.57. The lowest BCUT2D eigenvalue weighted by Crippen LogP contribution is -2.09. The number of carboxylic acid groups (broad SMARTS) is 1. The molecule has 2 aliphatic rings. The van der Waals surface area contributed by atoms with Gasteiger partial charge in [-0.2, -0.15) is 14.9 Å². The maximum absolute atomic E-state index is 9.00. The van der Waals surface area contributed by atoms with Gasteiger partial charge in [0.15, 0.2) is 0 Å². The largest absolute Gasteiger partial charge is 0.481 e. The predicted molar refractivity (Wildman–Crippen MR) is 61.1 cm³/mol. The Bertz CT molecular complexity index is 455. The van der Waals surface area contributed by atoms with Crippen molar-refractivity contribution >= 4 is 24.1 Å². The quantitative estimate of drug-likeness (QED) is 0.414. The fraction of sp³-hybridized carbons (Fsp3) is 0.200. The van der Waals surface area contributed by atoms with Crippen molar-refractivity contribution in [1.29, 1.82) is 0 Å². The van der Waals surface area contributed by atoms with Gasteiger partial charge in [-0.15, -0.1) is 0 Å². The summed E-state index contributed by atoms with van der Waals surface area (Å²) in [6.45, 7) is 1.08. The van der Waals surface area contributed by atoms with Crippen LogP contribution in [-0.4, -0.2) is 17.3 Å². The van der Waals surface area contributed by atoms with Crippen molar-refractivity contribution < 1.29 is 19.7 Å². The van der Waals surface area contributed by atoms with E-state index in [1.54, 1.807) is 6.21 Å². The molecule has 0 amide bonds. The zero-order valence-corrected chi connectivity index (χ0v) is 9.73. The molecule has 1 saturated heterocycles. The lowest BCUT2D eigenvalue weighted by molar-refractivity contribution is -0.134. The second kappa shape index (κ2) is 4.74. The van der Waals surface area contributed by atoms with E-state index in [-0.39, 0.29) is 0 Å². The van der Waals surface area contributed by atoms with Crippen LogP contribution in [-0.2, 0) is 20.4 Å². The summed E-state index contributed by atoms with van der Waals surface area (Å²) >= 11 is 1.44. The third kappa shape index (κ3) is 2.76. The Balaban J connectivity index is 0.000000239. The highest BCUT2D eigenvalue weighted by molar-refractivity contribution is 7.97. The molecule has 2 aliphatic heterocycles. The molecule has 0 aromatic heterocycles. The second-order valence-corrected chi connectivity index (χ2v) is 4.13. The fourth-order valence-electron chi connectivity index (χ4n) is 1.28. The van der Waals surface area contributed by atoms with Crippen LogP contribution < -0.4 is 4.83 Å². The third-order valence-electron chi connectivity index (χ3n) is 1.97. The van der Waals surface area contributed by atoms with Crippen molar-refractivity contribution in [2.24, 2.45) is 5.10 Å². The molecule has 1 aromatic rings. The minimum Gasteiger partial charge on any atom is -0.481 e. The molecule has 0 atom stereocenters. The molecule has 1 fully saturated rings. The number of benzene rings is 1. The Morgan fingerprint density at radius 3 is 2.76 bits per heavy atom. The Morgan fingerprint density at radius 2 is 2.12 bits per heavy atom. The summed E-state index contributed by atoms with van der Waals surface area (Å²) in [5.41, 5.74) is 0.994. The lowest BCUT2D eigenvalue weighted by Gasteiger charge is -2.03. The van der Waals surface area contributed by atoms with Gasteiger partial charge >= 0.3 is 0 Å². The van der Waals surface area contributed by atoms with E-state index in [2.05, 4.69) is 9.93 Å². The summed E-state index contributed by atoms with van der Waals surface area (Å²) in [5.74, 6) is -1.56. The van der Waals surface area contributed by atoms with Gasteiger partial charge in [0.1, 0.15) is 0 Å². The molecule has 0 aliphatic carbocycles. The molecule has 3 rings (SSSR count). The van der Waals surface area contributed by atoms with Crippen LogP contribution in [0.3, 0.4) is 0 Å². The van der Waals surface area contributed by atoms with Crippen LogP contribution in [0.1, 0.15) is 12.5 Å². The number of nitrogens with zero attached hydrogens (tertiary/aromatic N) is 1. The Kier molecular flexibility index (Phi) is 3.32. The van der Waals surface area contributed by atoms with Crippen molar-refractivity contribution in [3.05, 3.63) is 29.8 Å². The van der Waals surface area contributed by atoms with E-state index in [1.807, 2.05) is 24.3 Å². The van der Waals surface area contributed by atoms with Gasteiger partial charge in [-0.05, 0) is 6.07 Å². The van der Waals surface area contributed by atoms with Gasteiger partial charge in [0.05, 0.1) is 6.21 Å². The van der Waals surface area contributed by atoms with Gasteiger partial charge in [-0.25, -0.2) is 4.83 Å². The molecule has 0 unspecified atom stereocenters. The lowest BCUT2D eigenvalue weighted by atomic mass is 10.1. The number of carboxylic acids is 1.